The number of nitrogens with zero attached hydrogens (tertiary/aromatic N) is 1. The molecule has 9 heavy (non-hydrogen) atoms. The second-order valence-corrected chi connectivity index (χ2v) is 2.23. The lowest BCUT2D eigenvalue weighted by Crippen LogP contribution is -2.51. The van der Waals surface area contributed by atoms with Crippen molar-refractivity contribution in [2.45, 2.75) is 6.42 Å². The van der Waals surface area contributed by atoms with E-state index in [1.165, 1.54) is 0 Å². The standard InChI is InChI=1S/C6H16N2O/c1-8(5-6-9)4-2-3-7/h9H,2-7H2,1H3/p+1. The highest BCUT2D eigenvalue weighted by Gasteiger charge is 1.94. The number of rotatable bonds is 5. The minimum absolute atomic E-state index is 0.258. The van der Waals surface area contributed by atoms with E-state index >= 15 is 0 Å². The van der Waals surface area contributed by atoms with Gasteiger partial charge in [0.15, 0.2) is 0 Å². The lowest BCUT2D eigenvalue weighted by atomic mass is 10.4. The van der Waals surface area contributed by atoms with Crippen molar-refractivity contribution >= 4 is 0 Å². The molecule has 0 aliphatic rings. The van der Waals surface area contributed by atoms with E-state index in [-0.39, 0.29) is 6.61 Å². The molecular formula is C6H17N2O+. The van der Waals surface area contributed by atoms with Gasteiger partial charge in [0.2, 0.25) is 0 Å². The molecule has 0 heterocycles. The molecule has 0 bridgehead atoms. The van der Waals surface area contributed by atoms with Gasteiger partial charge in [0.05, 0.1) is 13.2 Å². The van der Waals surface area contributed by atoms with Crippen molar-refractivity contribution in [2.24, 2.45) is 0 Å². The van der Waals surface area contributed by atoms with Crippen LogP contribution in [-0.2, 0) is 0 Å². The summed E-state index contributed by atoms with van der Waals surface area (Å²) in [5.41, 5.74) is 3.73. The van der Waals surface area contributed by atoms with Crippen LogP contribution < -0.4 is 5.73 Å². The quantitative estimate of drug-likeness (QED) is 0.482. The molecule has 0 amide bonds. The maximum atomic E-state index is 8.48. The van der Waals surface area contributed by atoms with E-state index < -0.39 is 0 Å². The molecule has 3 nitrogen and oxygen atoms in total. The molecule has 0 saturated carbocycles. The molecule has 0 fully saturated rings. The smallest absolute Gasteiger partial charge is 0.0752 e. The van der Waals surface area contributed by atoms with Crippen molar-refractivity contribution in [3.8, 4) is 0 Å². The fourth-order valence-corrected chi connectivity index (χ4v) is 0.664. The van der Waals surface area contributed by atoms with Gasteiger partial charge in [-0.3, -0.25) is 0 Å². The molecule has 0 aromatic carbocycles. The van der Waals surface area contributed by atoms with Crippen LogP contribution in [-0.4, -0.2) is 43.3 Å². The minimum atomic E-state index is 0.258. The predicted octanol–water partition coefficient (Wildman–Crippen LogP) is -1.46. The lowest BCUT2D eigenvalue weighted by Gasteiger charge is -2.12. The van der Waals surface area contributed by atoms with E-state index in [9.17, 15) is 0 Å². The minimum Gasteiger partial charge on any atom is -0.395 e. The number of aliphatic hydroxyl groups is 1. The summed E-state index contributed by atoms with van der Waals surface area (Å²) in [6.07, 6.45) is 1.12. The first kappa shape index (κ1) is 8.88. The summed E-state index contributed by atoms with van der Waals surface area (Å²) in [7, 11) is 2.01. The van der Waals surface area contributed by atoms with Crippen LogP contribution in [0.4, 0.5) is 0 Å². The molecular weight excluding hydrogens is 116 g/mol. The molecule has 4 N–H and O–H groups in total. The highest BCUT2D eigenvalue weighted by Crippen LogP contribution is 1.82. The van der Waals surface area contributed by atoms with Crippen LogP contribution in [0.5, 0.6) is 0 Å². The van der Waals surface area contributed by atoms with E-state index in [0.717, 1.165) is 26.1 Å². The Morgan fingerprint density at radius 1 is 1.44 bits per heavy atom. The first-order valence-electron chi connectivity index (χ1n) is 3.40. The molecule has 0 unspecified atom stereocenters. The molecule has 56 valence electrons. The molecule has 0 saturated heterocycles. The lowest BCUT2D eigenvalue weighted by molar-refractivity contribution is -0.368. The van der Waals surface area contributed by atoms with Crippen LogP contribution in [0, 0.1) is 0 Å². The van der Waals surface area contributed by atoms with Crippen LogP contribution in [0.2, 0.25) is 0 Å². The largest absolute Gasteiger partial charge is 0.395 e. The Morgan fingerprint density at radius 3 is 2.56 bits per heavy atom. The summed E-state index contributed by atoms with van der Waals surface area (Å²) in [6, 6.07) is 0. The van der Waals surface area contributed by atoms with Crippen molar-refractivity contribution in [1.82, 2.24) is 4.90 Å². The Hall–Kier alpha value is -0.120. The third-order valence-corrected chi connectivity index (χ3v) is 1.27. The Bertz CT molecular complexity index is 59.0. The Kier molecular flexibility index (Phi) is 5.93. The number of likely N-dealkylation sites (N-methyl/N-ethyl adjacent to an activating group) is 1. The highest BCUT2D eigenvalue weighted by atomic mass is 16.3. The zero-order valence-corrected chi connectivity index (χ0v) is 6.14. The van der Waals surface area contributed by atoms with Crippen LogP contribution >= 0.6 is 0 Å². The van der Waals surface area contributed by atoms with E-state index in [2.05, 4.69) is 10.6 Å². The maximum absolute atomic E-state index is 8.48. The zero-order chi connectivity index (χ0) is 7.11. The molecule has 0 rings (SSSR count). The monoisotopic (exact) mass is 133 g/mol. The summed E-state index contributed by atoms with van der Waals surface area (Å²) in [4.78, 5) is 2.10. The third kappa shape index (κ3) is 5.76. The van der Waals surface area contributed by atoms with Crippen LogP contribution in [0.15, 0.2) is 0 Å². The Labute approximate surface area is 56.5 Å². The first-order chi connectivity index (χ1) is 4.31. The third-order valence-electron chi connectivity index (χ3n) is 1.27. The van der Waals surface area contributed by atoms with Gasteiger partial charge in [-0.1, -0.05) is 0 Å². The zero-order valence-electron chi connectivity index (χ0n) is 6.14. The van der Waals surface area contributed by atoms with Gasteiger partial charge in [-0.15, -0.1) is 0 Å². The van der Waals surface area contributed by atoms with Crippen LogP contribution in [0.1, 0.15) is 6.42 Å². The Balaban J connectivity index is 2.95. The summed E-state index contributed by atoms with van der Waals surface area (Å²) in [5.74, 6) is 0. The fourth-order valence-electron chi connectivity index (χ4n) is 0.664. The first-order valence-corrected chi connectivity index (χ1v) is 3.40. The molecule has 0 aromatic heterocycles. The molecule has 3 heteroatoms. The topological polar surface area (TPSA) is 51.1 Å². The molecule has 0 aliphatic heterocycles. The second kappa shape index (κ2) is 6.01. The summed E-state index contributed by atoms with van der Waals surface area (Å²) >= 11 is 0. The normalized spacial score (nSPS) is 10.7. The van der Waals surface area contributed by atoms with Gasteiger partial charge in [0.1, 0.15) is 0 Å². The molecule has 0 radical (unpaired) electrons. The number of hydrogen-bond donors (Lipinski definition) is 2. The fraction of sp³-hybridized carbons (Fsp3) is 1.00. The average Bonchev–Trinajstić information content (AvgIpc) is 1.85. The van der Waals surface area contributed by atoms with Crippen LogP contribution in [0.3, 0.4) is 0 Å². The molecule has 0 atom stereocenters. The van der Waals surface area contributed by atoms with Gasteiger partial charge >= 0.3 is 0 Å². The SMILES string of the molecule is CN(CCO)CCC[NH3+]. The van der Waals surface area contributed by atoms with Crippen molar-refractivity contribution in [3.05, 3.63) is 0 Å². The van der Waals surface area contributed by atoms with Gasteiger partial charge in [0.25, 0.3) is 0 Å². The maximum Gasteiger partial charge on any atom is 0.0752 e. The van der Waals surface area contributed by atoms with E-state index in [4.69, 9.17) is 5.11 Å². The van der Waals surface area contributed by atoms with E-state index in [1.807, 2.05) is 7.05 Å². The van der Waals surface area contributed by atoms with Crippen molar-refractivity contribution in [2.75, 3.05) is 33.3 Å². The van der Waals surface area contributed by atoms with Crippen LogP contribution in [0.25, 0.3) is 0 Å². The van der Waals surface area contributed by atoms with Gasteiger partial charge < -0.3 is 15.7 Å². The number of hydrogen-bond acceptors (Lipinski definition) is 2. The highest BCUT2D eigenvalue weighted by molar-refractivity contribution is 4.47. The average molecular weight is 133 g/mol. The number of aliphatic hydroxyl groups excluding tert-OH is 1. The van der Waals surface area contributed by atoms with Gasteiger partial charge in [0, 0.05) is 19.5 Å². The van der Waals surface area contributed by atoms with Crippen molar-refractivity contribution in [3.63, 3.8) is 0 Å². The summed E-state index contributed by atoms with van der Waals surface area (Å²) < 4.78 is 0. The summed E-state index contributed by atoms with van der Waals surface area (Å²) in [6.45, 7) is 3.06. The Morgan fingerprint density at radius 2 is 2.11 bits per heavy atom. The van der Waals surface area contributed by atoms with Gasteiger partial charge in [-0.2, -0.15) is 0 Å². The molecule has 0 aromatic rings. The summed E-state index contributed by atoms with van der Waals surface area (Å²) in [5, 5.41) is 8.48. The van der Waals surface area contributed by atoms with Crippen molar-refractivity contribution < 1.29 is 10.8 Å². The number of quaternary nitrogens is 1. The van der Waals surface area contributed by atoms with E-state index in [0.29, 0.717) is 0 Å². The van der Waals surface area contributed by atoms with Gasteiger partial charge in [-0.05, 0) is 7.05 Å². The molecule has 0 aliphatic carbocycles. The second-order valence-electron chi connectivity index (χ2n) is 2.23. The molecule has 0 spiro atoms. The van der Waals surface area contributed by atoms with E-state index in [1.54, 1.807) is 0 Å². The van der Waals surface area contributed by atoms with Crippen molar-refractivity contribution in [1.29, 1.82) is 0 Å². The van der Waals surface area contributed by atoms with Gasteiger partial charge in [-0.25, -0.2) is 0 Å². The predicted molar refractivity (Wildman–Crippen MR) is 37.0 cm³/mol.